The molecule has 1 aliphatic carbocycles. The molecule has 1 saturated carbocycles. The fourth-order valence-corrected chi connectivity index (χ4v) is 5.91. The van der Waals surface area contributed by atoms with Crippen LogP contribution in [-0.2, 0) is 16.8 Å². The molecule has 0 spiro atoms. The van der Waals surface area contributed by atoms with E-state index in [1.165, 1.54) is 11.1 Å². The fraction of sp³-hybridized carbons (Fsp3) is 0.333. The zero-order chi connectivity index (χ0) is 31.8. The Kier molecular flexibility index (Phi) is 10.7. The normalized spacial score (nSPS) is 16.5. The van der Waals surface area contributed by atoms with E-state index in [-0.39, 0.29) is 17.2 Å². The molecule has 3 N–H and O–H groups in total. The third-order valence-electron chi connectivity index (χ3n) is 8.53. The molecule has 0 aromatic heterocycles. The number of benzene rings is 4. The molecule has 2 amide bonds. The minimum Gasteiger partial charge on any atom is -0.350 e. The largest absolute Gasteiger partial charge is 0.350 e. The molecule has 4 aromatic rings. The maximum atomic E-state index is 13.3. The molecular weight excluding hydrogens is 578 g/mol. The summed E-state index contributed by atoms with van der Waals surface area (Å²) in [5, 5.41) is 10.3. The lowest BCUT2D eigenvalue weighted by Crippen LogP contribution is -2.46. The van der Waals surface area contributed by atoms with Gasteiger partial charge < -0.3 is 16.0 Å². The monoisotopic (exact) mass is 621 g/mol. The molecule has 1 unspecified atom stereocenters. The van der Waals surface area contributed by atoms with Crippen molar-refractivity contribution in [2.75, 3.05) is 6.54 Å². The lowest BCUT2D eigenvalue weighted by Gasteiger charge is -2.20. The number of amides is 2. The molecule has 1 aliphatic rings. The van der Waals surface area contributed by atoms with Gasteiger partial charge in [-0.15, -0.1) is 0 Å². The van der Waals surface area contributed by atoms with Crippen molar-refractivity contribution in [1.82, 2.24) is 16.0 Å². The second-order valence-corrected chi connectivity index (χ2v) is 13.5. The van der Waals surface area contributed by atoms with E-state index in [4.69, 9.17) is 11.6 Å². The first-order chi connectivity index (χ1) is 21.7. The average Bonchev–Trinajstić information content (AvgIpc) is 3.83. The molecule has 0 heterocycles. The van der Waals surface area contributed by atoms with Crippen LogP contribution in [0.3, 0.4) is 0 Å². The van der Waals surface area contributed by atoms with Crippen molar-refractivity contribution in [2.45, 2.75) is 76.4 Å². The first-order valence-corrected chi connectivity index (χ1v) is 16.4. The molecule has 5 nitrogen and oxygen atoms in total. The highest BCUT2D eigenvalue weighted by Gasteiger charge is 2.38. The van der Waals surface area contributed by atoms with Crippen LogP contribution in [0.1, 0.15) is 79.4 Å². The second kappa shape index (κ2) is 14.9. The molecule has 3 atom stereocenters. The van der Waals surface area contributed by atoms with Crippen molar-refractivity contribution in [2.24, 2.45) is 0 Å². The van der Waals surface area contributed by atoms with Crippen LogP contribution in [0.15, 0.2) is 103 Å². The van der Waals surface area contributed by atoms with E-state index in [0.29, 0.717) is 35.5 Å². The first-order valence-electron chi connectivity index (χ1n) is 16.0. The van der Waals surface area contributed by atoms with Crippen LogP contribution in [0.2, 0.25) is 5.02 Å². The Bertz CT molecular complexity index is 1580. The van der Waals surface area contributed by atoms with E-state index >= 15 is 0 Å². The van der Waals surface area contributed by atoms with Gasteiger partial charge in [-0.1, -0.05) is 111 Å². The van der Waals surface area contributed by atoms with E-state index in [9.17, 15) is 9.59 Å². The molecule has 0 radical (unpaired) electrons. The molecule has 4 aromatic carbocycles. The highest BCUT2D eigenvalue weighted by atomic mass is 35.5. The number of carbonyl (C=O) groups is 2. The third kappa shape index (κ3) is 9.29. The van der Waals surface area contributed by atoms with E-state index < -0.39 is 6.04 Å². The Labute approximate surface area is 272 Å². The predicted molar refractivity (Wildman–Crippen MR) is 185 cm³/mol. The molecule has 0 saturated heterocycles. The van der Waals surface area contributed by atoms with Gasteiger partial charge in [0, 0.05) is 29.1 Å². The molecule has 0 aliphatic heterocycles. The van der Waals surface area contributed by atoms with Gasteiger partial charge in [0.1, 0.15) is 6.04 Å². The number of nitrogens with one attached hydrogen (secondary N) is 3. The Balaban J connectivity index is 1.14. The van der Waals surface area contributed by atoms with Crippen molar-refractivity contribution in [3.8, 4) is 11.1 Å². The van der Waals surface area contributed by atoms with Crippen molar-refractivity contribution in [3.63, 3.8) is 0 Å². The van der Waals surface area contributed by atoms with Crippen LogP contribution in [-0.4, -0.2) is 30.4 Å². The Hall–Kier alpha value is -3.93. The van der Waals surface area contributed by atoms with E-state index in [0.717, 1.165) is 42.5 Å². The number of hydrogen-bond donors (Lipinski definition) is 3. The lowest BCUT2D eigenvalue weighted by atomic mass is 9.86. The summed E-state index contributed by atoms with van der Waals surface area (Å²) >= 11 is 6.13. The van der Waals surface area contributed by atoms with Gasteiger partial charge in [-0.2, -0.15) is 0 Å². The molecule has 5 rings (SSSR count). The van der Waals surface area contributed by atoms with Crippen molar-refractivity contribution < 1.29 is 9.59 Å². The van der Waals surface area contributed by atoms with Crippen molar-refractivity contribution >= 4 is 23.4 Å². The summed E-state index contributed by atoms with van der Waals surface area (Å²) < 4.78 is 0. The maximum absolute atomic E-state index is 13.3. The van der Waals surface area contributed by atoms with Gasteiger partial charge in [0.05, 0.1) is 0 Å². The maximum Gasteiger partial charge on any atom is 0.251 e. The highest BCUT2D eigenvalue weighted by Crippen LogP contribution is 2.41. The van der Waals surface area contributed by atoms with Crippen LogP contribution in [0.4, 0.5) is 0 Å². The molecule has 0 bridgehead atoms. The SMILES string of the molecule is CC(C)(C)c1cccc([C@@H]2C[C@H]2NCCCCC(NC(=O)c2ccc(-c3ccccc3)cc2)C(=O)NCc2cccc(Cl)c2)c1. The summed E-state index contributed by atoms with van der Waals surface area (Å²) in [5.41, 5.74) is 6.50. The fourth-order valence-electron chi connectivity index (χ4n) is 5.70. The summed E-state index contributed by atoms with van der Waals surface area (Å²) in [4.78, 5) is 26.6. The summed E-state index contributed by atoms with van der Waals surface area (Å²) in [6, 6.07) is 33.8. The smallest absolute Gasteiger partial charge is 0.251 e. The summed E-state index contributed by atoms with van der Waals surface area (Å²) in [6.07, 6.45) is 3.44. The molecule has 6 heteroatoms. The van der Waals surface area contributed by atoms with E-state index in [2.05, 4.69) is 61.0 Å². The summed E-state index contributed by atoms with van der Waals surface area (Å²) in [5.74, 6) is 0.108. The van der Waals surface area contributed by atoms with Crippen molar-refractivity contribution in [3.05, 3.63) is 130 Å². The molecule has 234 valence electrons. The van der Waals surface area contributed by atoms with Gasteiger partial charge >= 0.3 is 0 Å². The Morgan fingerprint density at radius 3 is 2.31 bits per heavy atom. The van der Waals surface area contributed by atoms with Crippen molar-refractivity contribution in [1.29, 1.82) is 0 Å². The van der Waals surface area contributed by atoms with Crippen LogP contribution >= 0.6 is 11.6 Å². The van der Waals surface area contributed by atoms with Crippen LogP contribution in [0.5, 0.6) is 0 Å². The second-order valence-electron chi connectivity index (χ2n) is 13.1. The molecule has 1 fully saturated rings. The molecular formula is C39H44ClN3O2. The van der Waals surface area contributed by atoms with Gasteiger partial charge in [0.15, 0.2) is 0 Å². The first kappa shape index (κ1) is 32.5. The zero-order valence-electron chi connectivity index (χ0n) is 26.5. The van der Waals surface area contributed by atoms with Gasteiger partial charge in [-0.05, 0) is 89.7 Å². The predicted octanol–water partition coefficient (Wildman–Crippen LogP) is 8.04. The van der Waals surface area contributed by atoms with Crippen LogP contribution < -0.4 is 16.0 Å². The van der Waals surface area contributed by atoms with Crippen LogP contribution in [0, 0.1) is 0 Å². The number of rotatable bonds is 13. The topological polar surface area (TPSA) is 70.2 Å². The standard InChI is InChI=1S/C39H44ClN3O2/c1-39(2,3)32-15-10-14-31(24-32)34-25-36(34)41-22-8-7-17-35(38(45)42-26-27-11-9-16-33(40)23-27)43-37(44)30-20-18-29(19-21-30)28-12-5-4-6-13-28/h4-6,9-16,18-21,23-24,34-36,41H,7-8,17,22,25-26H2,1-3H3,(H,42,45)(H,43,44)/t34-,35?,36+/m0/s1. The number of halogens is 1. The quantitative estimate of drug-likeness (QED) is 0.132. The van der Waals surface area contributed by atoms with Gasteiger partial charge in [0.2, 0.25) is 5.91 Å². The zero-order valence-corrected chi connectivity index (χ0v) is 27.2. The lowest BCUT2D eigenvalue weighted by molar-refractivity contribution is -0.123. The highest BCUT2D eigenvalue weighted by molar-refractivity contribution is 6.30. The van der Waals surface area contributed by atoms with E-state index in [1.54, 1.807) is 6.07 Å². The summed E-state index contributed by atoms with van der Waals surface area (Å²) in [7, 11) is 0. The summed E-state index contributed by atoms with van der Waals surface area (Å²) in [6.45, 7) is 7.99. The Morgan fingerprint density at radius 1 is 0.844 bits per heavy atom. The Morgan fingerprint density at radius 2 is 1.58 bits per heavy atom. The average molecular weight is 622 g/mol. The number of hydrogen-bond acceptors (Lipinski definition) is 3. The van der Waals surface area contributed by atoms with Gasteiger partial charge in [-0.3, -0.25) is 9.59 Å². The molecule has 45 heavy (non-hydrogen) atoms. The third-order valence-corrected chi connectivity index (χ3v) is 8.76. The van der Waals surface area contributed by atoms with E-state index in [1.807, 2.05) is 72.8 Å². The van der Waals surface area contributed by atoms with Gasteiger partial charge in [0.25, 0.3) is 5.91 Å². The minimum atomic E-state index is -0.640. The number of carbonyl (C=O) groups excluding carboxylic acids is 2. The number of unbranched alkanes of at least 4 members (excludes halogenated alkanes) is 1. The minimum absolute atomic E-state index is 0.145. The van der Waals surface area contributed by atoms with Gasteiger partial charge in [-0.25, -0.2) is 0 Å². The van der Waals surface area contributed by atoms with Crippen LogP contribution in [0.25, 0.3) is 11.1 Å².